The number of carbonyl (C=O) groups excluding carboxylic acids is 1. The van der Waals surface area contributed by atoms with Gasteiger partial charge in [0.1, 0.15) is 6.04 Å². The van der Waals surface area contributed by atoms with E-state index in [9.17, 15) is 4.79 Å². The van der Waals surface area contributed by atoms with E-state index in [1.807, 2.05) is 30.3 Å². The van der Waals surface area contributed by atoms with Crippen LogP contribution in [0, 0.1) is 0 Å². The van der Waals surface area contributed by atoms with E-state index in [1.165, 1.54) is 0 Å². The van der Waals surface area contributed by atoms with Crippen molar-refractivity contribution in [3.8, 4) is 0 Å². The summed E-state index contributed by atoms with van der Waals surface area (Å²) in [5.74, 6) is 0.215. The summed E-state index contributed by atoms with van der Waals surface area (Å²) in [5, 5.41) is 3.29. The van der Waals surface area contributed by atoms with Crippen LogP contribution >= 0.6 is 0 Å². The van der Waals surface area contributed by atoms with Gasteiger partial charge in [-0.25, -0.2) is 0 Å². The standard InChI is InChI=1S/C15H26N4O/c1-3-4-10-18(2)14(13-6-5-7-17-13)15(20)19-11-8-16-9-12-19/h5-7,14,16-17H,3-4,8-12H2,1-2H3. The molecule has 1 aliphatic heterocycles. The fourth-order valence-electron chi connectivity index (χ4n) is 2.67. The molecular weight excluding hydrogens is 252 g/mol. The largest absolute Gasteiger partial charge is 0.363 e. The van der Waals surface area contributed by atoms with Crippen molar-refractivity contribution in [2.45, 2.75) is 25.8 Å². The molecule has 0 aromatic carbocycles. The lowest BCUT2D eigenvalue weighted by Crippen LogP contribution is -2.50. The van der Waals surface area contributed by atoms with E-state index in [1.54, 1.807) is 0 Å². The molecule has 0 saturated carbocycles. The lowest BCUT2D eigenvalue weighted by atomic mass is 10.1. The summed E-state index contributed by atoms with van der Waals surface area (Å²) in [4.78, 5) is 20.2. The number of unbranched alkanes of at least 4 members (excludes halogenated alkanes) is 1. The first-order chi connectivity index (χ1) is 9.74. The second-order valence-corrected chi connectivity index (χ2v) is 5.44. The quantitative estimate of drug-likeness (QED) is 0.822. The Morgan fingerprint density at radius 1 is 1.45 bits per heavy atom. The van der Waals surface area contributed by atoms with Crippen LogP contribution < -0.4 is 5.32 Å². The highest BCUT2D eigenvalue weighted by atomic mass is 16.2. The van der Waals surface area contributed by atoms with Gasteiger partial charge in [0.05, 0.1) is 0 Å². The lowest BCUT2D eigenvalue weighted by molar-refractivity contribution is -0.137. The molecule has 5 heteroatoms. The number of nitrogens with zero attached hydrogens (tertiary/aromatic N) is 2. The Hall–Kier alpha value is -1.33. The molecule has 2 rings (SSSR count). The van der Waals surface area contributed by atoms with Gasteiger partial charge in [-0.2, -0.15) is 0 Å². The number of hydrogen-bond acceptors (Lipinski definition) is 3. The molecule has 112 valence electrons. The molecule has 1 aromatic rings. The van der Waals surface area contributed by atoms with Gasteiger partial charge < -0.3 is 15.2 Å². The van der Waals surface area contributed by atoms with E-state index < -0.39 is 0 Å². The van der Waals surface area contributed by atoms with Crippen molar-refractivity contribution >= 4 is 5.91 Å². The highest BCUT2D eigenvalue weighted by molar-refractivity contribution is 5.83. The third-order valence-electron chi connectivity index (χ3n) is 3.88. The molecule has 0 aliphatic carbocycles. The van der Waals surface area contributed by atoms with Crippen LogP contribution in [0.15, 0.2) is 18.3 Å². The fourth-order valence-corrected chi connectivity index (χ4v) is 2.67. The van der Waals surface area contributed by atoms with E-state index in [-0.39, 0.29) is 11.9 Å². The normalized spacial score (nSPS) is 17.4. The van der Waals surface area contributed by atoms with Gasteiger partial charge in [0, 0.05) is 38.1 Å². The van der Waals surface area contributed by atoms with Crippen molar-refractivity contribution in [3.63, 3.8) is 0 Å². The number of aromatic nitrogens is 1. The van der Waals surface area contributed by atoms with E-state index in [0.717, 1.165) is 51.3 Å². The minimum Gasteiger partial charge on any atom is -0.363 e. The third-order valence-corrected chi connectivity index (χ3v) is 3.88. The van der Waals surface area contributed by atoms with Gasteiger partial charge in [0.15, 0.2) is 0 Å². The Kier molecular flexibility index (Phi) is 5.61. The first-order valence-corrected chi connectivity index (χ1v) is 7.57. The summed E-state index contributed by atoms with van der Waals surface area (Å²) in [6.07, 6.45) is 4.15. The maximum absolute atomic E-state index is 12.8. The van der Waals surface area contributed by atoms with Crippen molar-refractivity contribution in [1.82, 2.24) is 20.1 Å². The summed E-state index contributed by atoms with van der Waals surface area (Å²) in [6.45, 7) is 6.51. The molecule has 1 atom stereocenters. The second kappa shape index (κ2) is 7.45. The number of nitrogens with one attached hydrogen (secondary N) is 2. The number of carbonyl (C=O) groups is 1. The number of rotatable bonds is 6. The van der Waals surface area contributed by atoms with E-state index >= 15 is 0 Å². The molecule has 1 aromatic heterocycles. The molecule has 2 N–H and O–H groups in total. The van der Waals surface area contributed by atoms with Gasteiger partial charge in [-0.05, 0) is 32.1 Å². The molecule has 0 spiro atoms. The zero-order valence-corrected chi connectivity index (χ0v) is 12.6. The molecule has 20 heavy (non-hydrogen) atoms. The number of amides is 1. The Morgan fingerprint density at radius 3 is 2.80 bits per heavy atom. The van der Waals surface area contributed by atoms with E-state index in [0.29, 0.717) is 0 Å². The summed E-state index contributed by atoms with van der Waals surface area (Å²) < 4.78 is 0. The summed E-state index contributed by atoms with van der Waals surface area (Å²) in [5.41, 5.74) is 0.993. The Balaban J connectivity index is 2.11. The molecule has 2 heterocycles. The zero-order chi connectivity index (χ0) is 14.4. The molecule has 1 saturated heterocycles. The number of likely N-dealkylation sites (N-methyl/N-ethyl adjacent to an activating group) is 1. The number of piperazine rings is 1. The van der Waals surface area contributed by atoms with Crippen molar-refractivity contribution in [3.05, 3.63) is 24.0 Å². The third kappa shape index (κ3) is 3.61. The van der Waals surface area contributed by atoms with Gasteiger partial charge in [0.2, 0.25) is 5.91 Å². The van der Waals surface area contributed by atoms with E-state index in [2.05, 4.69) is 22.1 Å². The van der Waals surface area contributed by atoms with Crippen LogP contribution in [0.25, 0.3) is 0 Å². The van der Waals surface area contributed by atoms with Gasteiger partial charge in [-0.3, -0.25) is 9.69 Å². The molecule has 1 unspecified atom stereocenters. The SMILES string of the molecule is CCCCN(C)C(C(=O)N1CCNCC1)c1ccc[nH]1. The average molecular weight is 278 g/mol. The number of H-pyrrole nitrogens is 1. The van der Waals surface area contributed by atoms with Gasteiger partial charge in [-0.15, -0.1) is 0 Å². The molecule has 5 nitrogen and oxygen atoms in total. The summed E-state index contributed by atoms with van der Waals surface area (Å²) in [7, 11) is 2.04. The monoisotopic (exact) mass is 278 g/mol. The predicted molar refractivity (Wildman–Crippen MR) is 80.5 cm³/mol. The molecule has 1 aliphatic rings. The molecule has 0 radical (unpaired) electrons. The average Bonchev–Trinajstić information content (AvgIpc) is 3.00. The first-order valence-electron chi connectivity index (χ1n) is 7.57. The van der Waals surface area contributed by atoms with Crippen molar-refractivity contribution < 1.29 is 4.79 Å². The number of aromatic amines is 1. The summed E-state index contributed by atoms with van der Waals surface area (Å²) >= 11 is 0. The number of hydrogen-bond donors (Lipinski definition) is 2. The van der Waals surface area contributed by atoms with Crippen LogP contribution in [-0.2, 0) is 4.79 Å². The Labute approximate surface area is 121 Å². The second-order valence-electron chi connectivity index (χ2n) is 5.44. The minimum atomic E-state index is -0.186. The Morgan fingerprint density at radius 2 is 2.20 bits per heavy atom. The van der Waals surface area contributed by atoms with Crippen LogP contribution in [0.1, 0.15) is 31.5 Å². The van der Waals surface area contributed by atoms with E-state index in [4.69, 9.17) is 0 Å². The van der Waals surface area contributed by atoms with Crippen molar-refractivity contribution in [2.24, 2.45) is 0 Å². The Bertz CT molecular complexity index is 398. The van der Waals surface area contributed by atoms with Crippen molar-refractivity contribution in [1.29, 1.82) is 0 Å². The smallest absolute Gasteiger partial charge is 0.246 e. The highest BCUT2D eigenvalue weighted by Gasteiger charge is 2.30. The maximum Gasteiger partial charge on any atom is 0.246 e. The van der Waals surface area contributed by atoms with Crippen LogP contribution in [0.2, 0.25) is 0 Å². The van der Waals surface area contributed by atoms with Crippen LogP contribution in [0.3, 0.4) is 0 Å². The molecule has 1 fully saturated rings. The lowest BCUT2D eigenvalue weighted by Gasteiger charge is -2.34. The van der Waals surface area contributed by atoms with Gasteiger partial charge >= 0.3 is 0 Å². The topological polar surface area (TPSA) is 51.4 Å². The summed E-state index contributed by atoms with van der Waals surface area (Å²) in [6, 6.07) is 3.78. The zero-order valence-electron chi connectivity index (χ0n) is 12.6. The van der Waals surface area contributed by atoms with Crippen LogP contribution in [-0.4, -0.2) is 60.5 Å². The first kappa shape index (κ1) is 15.1. The highest BCUT2D eigenvalue weighted by Crippen LogP contribution is 2.21. The minimum absolute atomic E-state index is 0.186. The van der Waals surface area contributed by atoms with Gasteiger partial charge in [-0.1, -0.05) is 13.3 Å². The molecular formula is C15H26N4O. The molecule has 1 amide bonds. The van der Waals surface area contributed by atoms with Crippen molar-refractivity contribution in [2.75, 3.05) is 39.8 Å². The predicted octanol–water partition coefficient (Wildman–Crippen LogP) is 1.22. The fraction of sp³-hybridized carbons (Fsp3) is 0.667. The molecule has 0 bridgehead atoms. The van der Waals surface area contributed by atoms with Crippen LogP contribution in [0.5, 0.6) is 0 Å². The maximum atomic E-state index is 12.8. The van der Waals surface area contributed by atoms with Gasteiger partial charge in [0.25, 0.3) is 0 Å². The van der Waals surface area contributed by atoms with Crippen LogP contribution in [0.4, 0.5) is 0 Å².